The molecule has 0 unspecified atom stereocenters. The summed E-state index contributed by atoms with van der Waals surface area (Å²) in [6.45, 7) is 4.69. The molecule has 7 heteroatoms. The Morgan fingerprint density at radius 1 is 1.16 bits per heavy atom. The standard InChI is InChI=1S/C18H22N2O3S2/c1-13-4-3-5-16(12-13)25(22,23)20-10-8-15(9-11-20)19-18(21)17-7-6-14(2)24-17/h3-7,12,15H,8-11H2,1-2H3,(H,19,21). The lowest BCUT2D eigenvalue weighted by molar-refractivity contribution is 0.0928. The highest BCUT2D eigenvalue weighted by Crippen LogP contribution is 2.22. The summed E-state index contributed by atoms with van der Waals surface area (Å²) in [4.78, 5) is 14.4. The van der Waals surface area contributed by atoms with Crippen LogP contribution in [0.5, 0.6) is 0 Å². The number of sulfonamides is 1. The van der Waals surface area contributed by atoms with E-state index in [2.05, 4.69) is 5.32 Å². The Hall–Kier alpha value is -1.70. The zero-order valence-electron chi connectivity index (χ0n) is 14.4. The van der Waals surface area contributed by atoms with Crippen molar-refractivity contribution in [2.24, 2.45) is 0 Å². The molecule has 2 aromatic rings. The Bertz CT molecular complexity index is 866. The first kappa shape index (κ1) is 18.1. The Morgan fingerprint density at radius 3 is 2.48 bits per heavy atom. The van der Waals surface area contributed by atoms with Crippen LogP contribution in [-0.4, -0.2) is 37.8 Å². The number of amides is 1. The molecule has 25 heavy (non-hydrogen) atoms. The number of nitrogens with one attached hydrogen (secondary N) is 1. The largest absolute Gasteiger partial charge is 0.349 e. The van der Waals surface area contributed by atoms with Crippen molar-refractivity contribution < 1.29 is 13.2 Å². The molecule has 1 fully saturated rings. The van der Waals surface area contributed by atoms with E-state index < -0.39 is 10.0 Å². The zero-order chi connectivity index (χ0) is 18.0. The van der Waals surface area contributed by atoms with E-state index in [1.54, 1.807) is 18.2 Å². The summed E-state index contributed by atoms with van der Waals surface area (Å²) in [5.41, 5.74) is 0.925. The molecule has 1 aromatic carbocycles. The number of nitrogens with zero attached hydrogens (tertiary/aromatic N) is 1. The lowest BCUT2D eigenvalue weighted by Crippen LogP contribution is -2.46. The van der Waals surface area contributed by atoms with Crippen LogP contribution in [0.1, 0.15) is 33.0 Å². The number of carbonyl (C=O) groups excluding carboxylic acids is 1. The molecule has 1 amide bonds. The molecule has 0 saturated carbocycles. The molecule has 3 rings (SSSR count). The number of aryl methyl sites for hydroxylation is 2. The Kier molecular flexibility index (Phi) is 5.27. The fourth-order valence-corrected chi connectivity index (χ4v) is 5.32. The minimum atomic E-state index is -3.46. The van der Waals surface area contributed by atoms with Gasteiger partial charge >= 0.3 is 0 Å². The molecular formula is C18H22N2O3S2. The second kappa shape index (κ2) is 7.27. The van der Waals surface area contributed by atoms with E-state index in [0.717, 1.165) is 10.4 Å². The molecular weight excluding hydrogens is 356 g/mol. The van der Waals surface area contributed by atoms with Crippen LogP contribution in [0, 0.1) is 13.8 Å². The Balaban J connectivity index is 1.61. The van der Waals surface area contributed by atoms with Gasteiger partial charge in [-0.05, 0) is 56.5 Å². The van der Waals surface area contributed by atoms with Crippen molar-refractivity contribution in [2.45, 2.75) is 37.6 Å². The molecule has 1 saturated heterocycles. The molecule has 1 aliphatic rings. The van der Waals surface area contributed by atoms with Gasteiger partial charge in [0.1, 0.15) is 0 Å². The van der Waals surface area contributed by atoms with Crippen LogP contribution in [0.3, 0.4) is 0 Å². The first-order valence-corrected chi connectivity index (χ1v) is 10.6. The summed E-state index contributed by atoms with van der Waals surface area (Å²) < 4.78 is 27.0. The lowest BCUT2D eigenvalue weighted by atomic mass is 10.1. The van der Waals surface area contributed by atoms with Crippen molar-refractivity contribution in [1.82, 2.24) is 9.62 Å². The minimum Gasteiger partial charge on any atom is -0.349 e. The minimum absolute atomic E-state index is 0.0128. The van der Waals surface area contributed by atoms with E-state index in [-0.39, 0.29) is 11.9 Å². The van der Waals surface area contributed by atoms with Gasteiger partial charge in [-0.3, -0.25) is 4.79 Å². The van der Waals surface area contributed by atoms with Crippen LogP contribution >= 0.6 is 11.3 Å². The molecule has 1 aromatic heterocycles. The van der Waals surface area contributed by atoms with Crippen molar-refractivity contribution in [2.75, 3.05) is 13.1 Å². The van der Waals surface area contributed by atoms with E-state index in [1.807, 2.05) is 32.0 Å². The topological polar surface area (TPSA) is 66.5 Å². The first-order valence-electron chi connectivity index (χ1n) is 8.30. The number of hydrogen-bond donors (Lipinski definition) is 1. The molecule has 0 spiro atoms. The molecule has 0 radical (unpaired) electrons. The van der Waals surface area contributed by atoms with Crippen molar-refractivity contribution in [1.29, 1.82) is 0 Å². The van der Waals surface area contributed by atoms with Gasteiger partial charge in [0.2, 0.25) is 10.0 Å². The highest BCUT2D eigenvalue weighted by Gasteiger charge is 2.30. The maximum atomic E-state index is 12.7. The summed E-state index contributed by atoms with van der Waals surface area (Å²) in [6, 6.07) is 10.7. The van der Waals surface area contributed by atoms with Crippen LogP contribution in [0.2, 0.25) is 0 Å². The highest BCUT2D eigenvalue weighted by molar-refractivity contribution is 7.89. The average molecular weight is 379 g/mol. The van der Waals surface area contributed by atoms with Gasteiger partial charge in [-0.25, -0.2) is 8.42 Å². The molecule has 0 aliphatic carbocycles. The lowest BCUT2D eigenvalue weighted by Gasteiger charge is -2.31. The molecule has 5 nitrogen and oxygen atoms in total. The van der Waals surface area contributed by atoms with Gasteiger partial charge in [0.25, 0.3) is 5.91 Å². The van der Waals surface area contributed by atoms with Crippen molar-refractivity contribution >= 4 is 27.3 Å². The van der Waals surface area contributed by atoms with E-state index in [0.29, 0.717) is 35.7 Å². The molecule has 134 valence electrons. The number of carbonyl (C=O) groups is 1. The quantitative estimate of drug-likeness (QED) is 0.889. The predicted octanol–water partition coefficient (Wildman–Crippen LogP) is 2.95. The van der Waals surface area contributed by atoms with Crippen LogP contribution < -0.4 is 5.32 Å². The number of piperidine rings is 1. The zero-order valence-corrected chi connectivity index (χ0v) is 16.0. The van der Waals surface area contributed by atoms with Crippen molar-refractivity contribution in [3.63, 3.8) is 0 Å². The van der Waals surface area contributed by atoms with Gasteiger partial charge in [-0.15, -0.1) is 11.3 Å². The van der Waals surface area contributed by atoms with Gasteiger partial charge in [0.15, 0.2) is 0 Å². The van der Waals surface area contributed by atoms with Crippen LogP contribution in [0.15, 0.2) is 41.3 Å². The van der Waals surface area contributed by atoms with Crippen molar-refractivity contribution in [3.8, 4) is 0 Å². The third kappa shape index (κ3) is 4.11. The SMILES string of the molecule is Cc1cccc(S(=O)(=O)N2CCC(NC(=O)c3ccc(C)s3)CC2)c1. The van der Waals surface area contributed by atoms with Crippen molar-refractivity contribution in [3.05, 3.63) is 51.7 Å². The van der Waals surface area contributed by atoms with Gasteiger partial charge < -0.3 is 5.32 Å². The summed E-state index contributed by atoms with van der Waals surface area (Å²) in [5.74, 6) is -0.0712. The van der Waals surface area contributed by atoms with E-state index in [9.17, 15) is 13.2 Å². The van der Waals surface area contributed by atoms with Crippen LogP contribution in [-0.2, 0) is 10.0 Å². The van der Waals surface area contributed by atoms with E-state index in [4.69, 9.17) is 0 Å². The number of rotatable bonds is 4. The molecule has 0 bridgehead atoms. The molecule has 1 aliphatic heterocycles. The number of benzene rings is 1. The van der Waals surface area contributed by atoms with E-state index >= 15 is 0 Å². The normalized spacial score (nSPS) is 16.7. The molecule has 1 N–H and O–H groups in total. The highest BCUT2D eigenvalue weighted by atomic mass is 32.2. The van der Waals surface area contributed by atoms with Gasteiger partial charge in [-0.1, -0.05) is 12.1 Å². The van der Waals surface area contributed by atoms with Gasteiger partial charge in [-0.2, -0.15) is 4.31 Å². The van der Waals surface area contributed by atoms with Gasteiger partial charge in [0.05, 0.1) is 9.77 Å². The second-order valence-electron chi connectivity index (χ2n) is 6.38. The van der Waals surface area contributed by atoms with Crippen LogP contribution in [0.25, 0.3) is 0 Å². The fourth-order valence-electron chi connectivity index (χ4n) is 2.98. The third-order valence-electron chi connectivity index (χ3n) is 4.38. The summed E-state index contributed by atoms with van der Waals surface area (Å²) in [7, 11) is -3.46. The average Bonchev–Trinajstić information content (AvgIpc) is 3.02. The molecule has 0 atom stereocenters. The first-order chi connectivity index (χ1) is 11.9. The summed E-state index contributed by atoms with van der Waals surface area (Å²) in [6.07, 6.45) is 1.25. The third-order valence-corrected chi connectivity index (χ3v) is 7.27. The van der Waals surface area contributed by atoms with Gasteiger partial charge in [0, 0.05) is 24.0 Å². The second-order valence-corrected chi connectivity index (χ2v) is 9.60. The maximum Gasteiger partial charge on any atom is 0.261 e. The van der Waals surface area contributed by atoms with E-state index in [1.165, 1.54) is 15.6 Å². The Labute approximate surface area is 152 Å². The fraction of sp³-hybridized carbons (Fsp3) is 0.389. The summed E-state index contributed by atoms with van der Waals surface area (Å²) >= 11 is 1.47. The smallest absolute Gasteiger partial charge is 0.261 e. The number of thiophene rings is 1. The maximum absolute atomic E-state index is 12.7. The number of hydrogen-bond acceptors (Lipinski definition) is 4. The monoisotopic (exact) mass is 378 g/mol. The Morgan fingerprint density at radius 2 is 1.88 bits per heavy atom. The van der Waals surface area contributed by atoms with Crippen LogP contribution in [0.4, 0.5) is 0 Å². The molecule has 2 heterocycles. The predicted molar refractivity (Wildman–Crippen MR) is 99.5 cm³/mol. The summed E-state index contributed by atoms with van der Waals surface area (Å²) in [5, 5.41) is 3.02.